The van der Waals surface area contributed by atoms with E-state index < -0.39 is 5.60 Å². The van der Waals surface area contributed by atoms with Gasteiger partial charge in [-0.1, -0.05) is 30.3 Å². The zero-order valence-electron chi connectivity index (χ0n) is 11.8. The van der Waals surface area contributed by atoms with E-state index in [0.29, 0.717) is 39.0 Å². The van der Waals surface area contributed by atoms with Gasteiger partial charge < -0.3 is 15.2 Å². The van der Waals surface area contributed by atoms with Crippen LogP contribution in [0.15, 0.2) is 30.3 Å². The summed E-state index contributed by atoms with van der Waals surface area (Å²) >= 11 is 0. The summed E-state index contributed by atoms with van der Waals surface area (Å²) in [6.45, 7) is 1.47. The molecule has 110 valence electrons. The van der Waals surface area contributed by atoms with Crippen LogP contribution in [-0.4, -0.2) is 36.4 Å². The van der Waals surface area contributed by atoms with Crippen LogP contribution in [0.3, 0.4) is 0 Å². The molecule has 4 heteroatoms. The molecule has 1 heterocycles. The normalized spacial score (nSPS) is 17.6. The molecule has 4 nitrogen and oxygen atoms in total. The topological polar surface area (TPSA) is 58.6 Å². The van der Waals surface area contributed by atoms with E-state index in [2.05, 4.69) is 17.4 Å². The molecule has 0 bridgehead atoms. The molecule has 1 aliphatic rings. The van der Waals surface area contributed by atoms with E-state index in [0.717, 1.165) is 12.8 Å². The van der Waals surface area contributed by atoms with Gasteiger partial charge in [-0.2, -0.15) is 0 Å². The van der Waals surface area contributed by atoms with E-state index in [-0.39, 0.29) is 5.91 Å². The molecule has 0 aliphatic carbocycles. The summed E-state index contributed by atoms with van der Waals surface area (Å²) < 4.78 is 5.21. The SMILES string of the molecule is O=C(CCCc1ccccc1)NCC1(O)CCOCC1. The van der Waals surface area contributed by atoms with Crippen LogP contribution in [-0.2, 0) is 16.0 Å². The molecule has 0 unspecified atom stereocenters. The highest BCUT2D eigenvalue weighted by atomic mass is 16.5. The lowest BCUT2D eigenvalue weighted by atomic mass is 9.94. The molecule has 1 fully saturated rings. The molecule has 1 aliphatic heterocycles. The van der Waals surface area contributed by atoms with Crippen LogP contribution < -0.4 is 5.32 Å². The molecule has 0 aromatic heterocycles. The van der Waals surface area contributed by atoms with Gasteiger partial charge in [-0.15, -0.1) is 0 Å². The minimum absolute atomic E-state index is 0.0147. The van der Waals surface area contributed by atoms with Crippen LogP contribution >= 0.6 is 0 Å². The molecule has 1 aromatic rings. The summed E-state index contributed by atoms with van der Waals surface area (Å²) in [6, 6.07) is 10.2. The van der Waals surface area contributed by atoms with Gasteiger partial charge in [-0.05, 0) is 18.4 Å². The average molecular weight is 277 g/mol. The van der Waals surface area contributed by atoms with Gasteiger partial charge in [0.2, 0.25) is 5.91 Å². The number of nitrogens with one attached hydrogen (secondary N) is 1. The zero-order valence-corrected chi connectivity index (χ0v) is 11.8. The van der Waals surface area contributed by atoms with Crippen LogP contribution in [0.1, 0.15) is 31.2 Å². The van der Waals surface area contributed by atoms with Crippen molar-refractivity contribution in [3.05, 3.63) is 35.9 Å². The Kier molecular flexibility index (Phi) is 5.56. The third-order valence-electron chi connectivity index (χ3n) is 3.75. The summed E-state index contributed by atoms with van der Waals surface area (Å²) in [7, 11) is 0. The summed E-state index contributed by atoms with van der Waals surface area (Å²) in [5.74, 6) is 0.0147. The summed E-state index contributed by atoms with van der Waals surface area (Å²) in [5.41, 5.74) is 0.469. The van der Waals surface area contributed by atoms with Crippen molar-refractivity contribution in [1.29, 1.82) is 0 Å². The predicted octanol–water partition coefficient (Wildman–Crippen LogP) is 1.67. The van der Waals surface area contributed by atoms with Gasteiger partial charge >= 0.3 is 0 Å². The van der Waals surface area contributed by atoms with Gasteiger partial charge in [0, 0.05) is 39.0 Å². The van der Waals surface area contributed by atoms with E-state index in [9.17, 15) is 9.90 Å². The first-order valence-electron chi connectivity index (χ1n) is 7.29. The van der Waals surface area contributed by atoms with Crippen molar-refractivity contribution in [2.24, 2.45) is 0 Å². The van der Waals surface area contributed by atoms with E-state index in [1.165, 1.54) is 5.56 Å². The molecular formula is C16H23NO3. The predicted molar refractivity (Wildman–Crippen MR) is 77.4 cm³/mol. The largest absolute Gasteiger partial charge is 0.388 e. The van der Waals surface area contributed by atoms with Crippen molar-refractivity contribution in [1.82, 2.24) is 5.32 Å². The van der Waals surface area contributed by atoms with Gasteiger partial charge in [-0.25, -0.2) is 0 Å². The smallest absolute Gasteiger partial charge is 0.220 e. The standard InChI is InChI=1S/C16H23NO3/c18-15(8-4-7-14-5-2-1-3-6-14)17-13-16(19)9-11-20-12-10-16/h1-3,5-6,19H,4,7-13H2,(H,17,18). The first kappa shape index (κ1) is 15.0. The van der Waals surface area contributed by atoms with Crippen molar-refractivity contribution in [2.75, 3.05) is 19.8 Å². The second-order valence-corrected chi connectivity index (χ2v) is 5.45. The number of ether oxygens (including phenoxy) is 1. The first-order chi connectivity index (χ1) is 9.68. The van der Waals surface area contributed by atoms with Gasteiger partial charge in [0.1, 0.15) is 0 Å². The molecule has 1 amide bonds. The fourth-order valence-corrected chi connectivity index (χ4v) is 2.38. The summed E-state index contributed by atoms with van der Waals surface area (Å²) in [6.07, 6.45) is 3.43. The molecule has 0 atom stereocenters. The number of aryl methyl sites for hydroxylation is 1. The molecule has 0 radical (unpaired) electrons. The lowest BCUT2D eigenvalue weighted by Crippen LogP contribution is -2.46. The molecular weight excluding hydrogens is 254 g/mol. The number of hydrogen-bond acceptors (Lipinski definition) is 3. The maximum Gasteiger partial charge on any atom is 0.220 e. The molecule has 0 spiro atoms. The molecule has 20 heavy (non-hydrogen) atoms. The van der Waals surface area contributed by atoms with Crippen LogP contribution in [0.25, 0.3) is 0 Å². The minimum atomic E-state index is -0.784. The second kappa shape index (κ2) is 7.41. The Labute approximate surface area is 120 Å². The Morgan fingerprint density at radius 2 is 1.95 bits per heavy atom. The quantitative estimate of drug-likeness (QED) is 0.831. The van der Waals surface area contributed by atoms with E-state index in [1.807, 2.05) is 18.2 Å². The van der Waals surface area contributed by atoms with Crippen molar-refractivity contribution in [2.45, 2.75) is 37.7 Å². The molecule has 2 N–H and O–H groups in total. The summed E-state index contributed by atoms with van der Waals surface area (Å²) in [5, 5.41) is 13.1. The minimum Gasteiger partial charge on any atom is -0.388 e. The Balaban J connectivity index is 1.63. The highest BCUT2D eigenvalue weighted by Gasteiger charge is 2.29. The fraction of sp³-hybridized carbons (Fsp3) is 0.562. The third-order valence-corrected chi connectivity index (χ3v) is 3.75. The number of aliphatic hydroxyl groups is 1. The number of amides is 1. The molecule has 1 aromatic carbocycles. The van der Waals surface area contributed by atoms with Gasteiger partial charge in [0.05, 0.1) is 5.60 Å². The Bertz CT molecular complexity index is 413. The van der Waals surface area contributed by atoms with E-state index in [4.69, 9.17) is 4.74 Å². The van der Waals surface area contributed by atoms with Crippen LogP contribution in [0, 0.1) is 0 Å². The van der Waals surface area contributed by atoms with E-state index >= 15 is 0 Å². The van der Waals surface area contributed by atoms with Gasteiger partial charge in [0.15, 0.2) is 0 Å². The van der Waals surface area contributed by atoms with Crippen molar-refractivity contribution in [3.8, 4) is 0 Å². The zero-order chi connectivity index (χ0) is 14.3. The van der Waals surface area contributed by atoms with Gasteiger partial charge in [-0.3, -0.25) is 4.79 Å². The maximum atomic E-state index is 11.8. The Morgan fingerprint density at radius 3 is 2.65 bits per heavy atom. The molecule has 1 saturated heterocycles. The van der Waals surface area contributed by atoms with E-state index in [1.54, 1.807) is 0 Å². The number of hydrogen-bond donors (Lipinski definition) is 2. The second-order valence-electron chi connectivity index (χ2n) is 5.45. The number of rotatable bonds is 6. The number of carbonyl (C=O) groups excluding carboxylic acids is 1. The Morgan fingerprint density at radius 1 is 1.25 bits per heavy atom. The van der Waals surface area contributed by atoms with Gasteiger partial charge in [0.25, 0.3) is 0 Å². The highest BCUT2D eigenvalue weighted by Crippen LogP contribution is 2.19. The van der Waals surface area contributed by atoms with Crippen LogP contribution in [0.2, 0.25) is 0 Å². The molecule has 0 saturated carbocycles. The fourth-order valence-electron chi connectivity index (χ4n) is 2.38. The monoisotopic (exact) mass is 277 g/mol. The maximum absolute atomic E-state index is 11.8. The highest BCUT2D eigenvalue weighted by molar-refractivity contribution is 5.75. The number of carbonyl (C=O) groups is 1. The van der Waals surface area contributed by atoms with Crippen molar-refractivity contribution >= 4 is 5.91 Å². The third kappa shape index (κ3) is 4.94. The average Bonchev–Trinajstić information content (AvgIpc) is 2.47. The van der Waals surface area contributed by atoms with Crippen LogP contribution in [0.5, 0.6) is 0 Å². The van der Waals surface area contributed by atoms with Crippen molar-refractivity contribution < 1.29 is 14.6 Å². The van der Waals surface area contributed by atoms with Crippen molar-refractivity contribution in [3.63, 3.8) is 0 Å². The Hall–Kier alpha value is -1.39. The first-order valence-corrected chi connectivity index (χ1v) is 7.29. The molecule has 2 rings (SSSR count). The van der Waals surface area contributed by atoms with Crippen LogP contribution in [0.4, 0.5) is 0 Å². The lowest BCUT2D eigenvalue weighted by molar-refractivity contribution is -0.124. The lowest BCUT2D eigenvalue weighted by Gasteiger charge is -2.32. The number of benzene rings is 1. The summed E-state index contributed by atoms with van der Waals surface area (Å²) in [4.78, 5) is 11.8.